The van der Waals surface area contributed by atoms with Crippen LogP contribution >= 0.6 is 0 Å². The zero-order valence-electron chi connectivity index (χ0n) is 15.8. The number of carbonyl (C=O) groups excluding carboxylic acids is 1. The summed E-state index contributed by atoms with van der Waals surface area (Å²) >= 11 is 0. The van der Waals surface area contributed by atoms with Crippen LogP contribution in [-0.2, 0) is 4.74 Å². The highest BCUT2D eigenvalue weighted by molar-refractivity contribution is 5.93. The van der Waals surface area contributed by atoms with Crippen LogP contribution < -0.4 is 4.74 Å². The number of methoxy groups -OCH3 is 2. The molecule has 140 valence electrons. The molecule has 27 heavy (non-hydrogen) atoms. The highest BCUT2D eigenvalue weighted by Gasteiger charge is 2.24. The van der Waals surface area contributed by atoms with Gasteiger partial charge in [-0.2, -0.15) is 0 Å². The van der Waals surface area contributed by atoms with Crippen molar-refractivity contribution < 1.29 is 18.7 Å². The molecule has 0 N–H and O–H groups in total. The quantitative estimate of drug-likeness (QED) is 0.582. The van der Waals surface area contributed by atoms with Crippen molar-refractivity contribution >= 4 is 5.97 Å². The lowest BCUT2D eigenvalue weighted by Gasteiger charge is -2.17. The molecule has 0 amide bonds. The van der Waals surface area contributed by atoms with E-state index in [9.17, 15) is 9.18 Å². The predicted molar refractivity (Wildman–Crippen MR) is 103 cm³/mol. The number of hydrogen-bond acceptors (Lipinski definition) is 3. The molecule has 0 fully saturated rings. The maximum atomic E-state index is 13.4. The SMILES string of the molecule is COC(=O)c1cc(-c2ccc(F)cc2)n(-c2ccc(OC)cc2)c1C(C)C. The van der Waals surface area contributed by atoms with Gasteiger partial charge in [0.15, 0.2) is 0 Å². The summed E-state index contributed by atoms with van der Waals surface area (Å²) < 4.78 is 25.7. The molecular weight excluding hydrogens is 345 g/mol. The highest BCUT2D eigenvalue weighted by Crippen LogP contribution is 2.34. The molecule has 0 unspecified atom stereocenters. The van der Waals surface area contributed by atoms with Crippen molar-refractivity contribution in [3.8, 4) is 22.7 Å². The summed E-state index contributed by atoms with van der Waals surface area (Å²) in [5.74, 6) is 0.108. The molecule has 3 rings (SSSR count). The third-order valence-corrected chi connectivity index (χ3v) is 4.46. The fraction of sp³-hybridized carbons (Fsp3) is 0.227. The molecule has 0 aliphatic carbocycles. The number of nitrogens with zero attached hydrogens (tertiary/aromatic N) is 1. The first-order valence-corrected chi connectivity index (χ1v) is 8.70. The molecule has 1 heterocycles. The summed E-state index contributed by atoms with van der Waals surface area (Å²) in [6.07, 6.45) is 0. The van der Waals surface area contributed by atoms with Gasteiger partial charge in [-0.15, -0.1) is 0 Å². The first kappa shape index (κ1) is 18.7. The minimum atomic E-state index is -0.394. The Morgan fingerprint density at radius 3 is 2.15 bits per heavy atom. The zero-order chi connectivity index (χ0) is 19.6. The van der Waals surface area contributed by atoms with E-state index in [4.69, 9.17) is 9.47 Å². The first-order chi connectivity index (χ1) is 13.0. The summed E-state index contributed by atoms with van der Waals surface area (Å²) in [7, 11) is 2.98. The third-order valence-electron chi connectivity index (χ3n) is 4.46. The first-order valence-electron chi connectivity index (χ1n) is 8.70. The summed E-state index contributed by atoms with van der Waals surface area (Å²) in [6, 6.07) is 15.6. The van der Waals surface area contributed by atoms with Crippen LogP contribution in [-0.4, -0.2) is 24.8 Å². The van der Waals surface area contributed by atoms with E-state index in [1.807, 2.05) is 42.7 Å². The normalized spacial score (nSPS) is 10.9. The van der Waals surface area contributed by atoms with Gasteiger partial charge in [-0.05, 0) is 66.1 Å². The predicted octanol–water partition coefficient (Wildman–Crippen LogP) is 5.20. The second-order valence-electron chi connectivity index (χ2n) is 6.52. The molecule has 5 heteroatoms. The van der Waals surface area contributed by atoms with Gasteiger partial charge < -0.3 is 14.0 Å². The van der Waals surface area contributed by atoms with Gasteiger partial charge in [0.2, 0.25) is 0 Å². The van der Waals surface area contributed by atoms with Crippen molar-refractivity contribution in [1.29, 1.82) is 0 Å². The molecule has 0 atom stereocenters. The average molecular weight is 367 g/mol. The summed E-state index contributed by atoms with van der Waals surface area (Å²) in [6.45, 7) is 4.05. The topological polar surface area (TPSA) is 40.5 Å². The van der Waals surface area contributed by atoms with E-state index in [1.54, 1.807) is 25.3 Å². The van der Waals surface area contributed by atoms with Crippen LogP contribution in [0, 0.1) is 5.82 Å². The molecule has 0 spiro atoms. The number of carbonyl (C=O) groups is 1. The summed E-state index contributed by atoms with van der Waals surface area (Å²) in [5.41, 5.74) is 3.83. The van der Waals surface area contributed by atoms with Gasteiger partial charge in [-0.1, -0.05) is 13.8 Å². The molecule has 0 saturated heterocycles. The Morgan fingerprint density at radius 2 is 1.63 bits per heavy atom. The molecule has 0 bridgehead atoms. The van der Waals surface area contributed by atoms with E-state index < -0.39 is 5.97 Å². The van der Waals surface area contributed by atoms with Gasteiger partial charge in [-0.3, -0.25) is 0 Å². The largest absolute Gasteiger partial charge is 0.497 e. The van der Waals surface area contributed by atoms with Crippen LogP contribution in [0.4, 0.5) is 4.39 Å². The van der Waals surface area contributed by atoms with Crippen LogP contribution in [0.5, 0.6) is 5.75 Å². The van der Waals surface area contributed by atoms with Crippen molar-refractivity contribution in [1.82, 2.24) is 4.57 Å². The van der Waals surface area contributed by atoms with E-state index in [0.29, 0.717) is 5.56 Å². The van der Waals surface area contributed by atoms with Gasteiger partial charge >= 0.3 is 5.97 Å². The summed E-state index contributed by atoms with van der Waals surface area (Å²) in [5, 5.41) is 0. The molecule has 0 radical (unpaired) electrons. The number of benzene rings is 2. The maximum absolute atomic E-state index is 13.4. The molecule has 0 aliphatic heterocycles. The lowest BCUT2D eigenvalue weighted by atomic mass is 10.1. The minimum Gasteiger partial charge on any atom is -0.497 e. The second kappa shape index (κ2) is 7.66. The number of rotatable bonds is 5. The standard InChI is InChI=1S/C22H22FNO3/c1-14(2)21-19(22(25)27-4)13-20(15-5-7-16(23)8-6-15)24(21)17-9-11-18(26-3)12-10-17/h5-14H,1-4H3. The average Bonchev–Trinajstić information content (AvgIpc) is 3.09. The molecular formula is C22H22FNO3. The summed E-state index contributed by atoms with van der Waals surface area (Å²) in [4.78, 5) is 12.4. The van der Waals surface area contributed by atoms with Crippen LogP contribution in [0.1, 0.15) is 35.8 Å². The Labute approximate surface area is 158 Å². The maximum Gasteiger partial charge on any atom is 0.339 e. The van der Waals surface area contributed by atoms with Crippen LogP contribution in [0.2, 0.25) is 0 Å². The van der Waals surface area contributed by atoms with Crippen molar-refractivity contribution in [2.45, 2.75) is 19.8 Å². The van der Waals surface area contributed by atoms with Crippen LogP contribution in [0.25, 0.3) is 16.9 Å². The van der Waals surface area contributed by atoms with Gasteiger partial charge in [0.25, 0.3) is 0 Å². The van der Waals surface area contributed by atoms with E-state index in [-0.39, 0.29) is 11.7 Å². The Kier molecular flexibility index (Phi) is 5.31. The van der Waals surface area contributed by atoms with Crippen molar-refractivity contribution in [2.75, 3.05) is 14.2 Å². The van der Waals surface area contributed by atoms with E-state index in [1.165, 1.54) is 19.2 Å². The number of hydrogen-bond donors (Lipinski definition) is 0. The number of ether oxygens (including phenoxy) is 2. The Morgan fingerprint density at radius 1 is 1.00 bits per heavy atom. The Balaban J connectivity index is 2.30. The minimum absolute atomic E-state index is 0.0652. The molecule has 0 saturated carbocycles. The molecule has 3 aromatic rings. The fourth-order valence-electron chi connectivity index (χ4n) is 3.21. The number of esters is 1. The Bertz CT molecular complexity index is 941. The smallest absolute Gasteiger partial charge is 0.339 e. The number of halogens is 1. The van der Waals surface area contributed by atoms with Crippen molar-refractivity contribution in [3.05, 3.63) is 71.7 Å². The van der Waals surface area contributed by atoms with Gasteiger partial charge in [-0.25, -0.2) is 9.18 Å². The molecule has 1 aromatic heterocycles. The zero-order valence-corrected chi connectivity index (χ0v) is 15.8. The fourth-order valence-corrected chi connectivity index (χ4v) is 3.21. The van der Waals surface area contributed by atoms with Gasteiger partial charge in [0.1, 0.15) is 11.6 Å². The second-order valence-corrected chi connectivity index (χ2v) is 6.52. The van der Waals surface area contributed by atoms with E-state index in [2.05, 4.69) is 0 Å². The lowest BCUT2D eigenvalue weighted by molar-refractivity contribution is 0.0599. The van der Waals surface area contributed by atoms with Crippen molar-refractivity contribution in [2.24, 2.45) is 0 Å². The Hall–Kier alpha value is -3.08. The van der Waals surface area contributed by atoms with Gasteiger partial charge in [0.05, 0.1) is 25.5 Å². The molecule has 2 aromatic carbocycles. The number of aromatic nitrogens is 1. The monoisotopic (exact) mass is 367 g/mol. The van der Waals surface area contributed by atoms with E-state index >= 15 is 0 Å². The van der Waals surface area contributed by atoms with Crippen LogP contribution in [0.15, 0.2) is 54.6 Å². The molecule has 4 nitrogen and oxygen atoms in total. The van der Waals surface area contributed by atoms with Crippen molar-refractivity contribution in [3.63, 3.8) is 0 Å². The lowest BCUT2D eigenvalue weighted by Crippen LogP contribution is -2.09. The third kappa shape index (κ3) is 3.58. The highest BCUT2D eigenvalue weighted by atomic mass is 19.1. The molecule has 0 aliphatic rings. The van der Waals surface area contributed by atoms with E-state index in [0.717, 1.165) is 28.4 Å². The van der Waals surface area contributed by atoms with Gasteiger partial charge in [0, 0.05) is 11.4 Å². The van der Waals surface area contributed by atoms with Crippen LogP contribution in [0.3, 0.4) is 0 Å².